The fraction of sp³-hybridized carbons (Fsp3) is 0.312. The van der Waals surface area contributed by atoms with Gasteiger partial charge in [0.25, 0.3) is 0 Å². The van der Waals surface area contributed by atoms with Crippen LogP contribution in [0.4, 0.5) is 10.5 Å². The number of benzene rings is 2. The molecule has 2 aromatic rings. The molecule has 0 bridgehead atoms. The van der Waals surface area contributed by atoms with E-state index in [1.54, 1.807) is 0 Å². The van der Waals surface area contributed by atoms with Crippen molar-refractivity contribution in [2.75, 3.05) is 11.9 Å². The van der Waals surface area contributed by atoms with Gasteiger partial charge in [-0.15, -0.1) is 0 Å². The lowest BCUT2D eigenvalue weighted by Crippen LogP contribution is -2.36. The summed E-state index contributed by atoms with van der Waals surface area (Å²) < 4.78 is 0. The van der Waals surface area contributed by atoms with Crippen LogP contribution in [-0.4, -0.2) is 23.8 Å². The first-order chi connectivity index (χ1) is 9.74. The number of hydrogen-bond donors (Lipinski definition) is 3. The van der Waals surface area contributed by atoms with Crippen molar-refractivity contribution in [1.29, 1.82) is 0 Å². The highest BCUT2D eigenvalue weighted by Crippen LogP contribution is 2.32. The Balaban J connectivity index is 1.64. The summed E-state index contributed by atoms with van der Waals surface area (Å²) in [6, 6.07) is 13.4. The molecule has 1 aliphatic rings. The van der Waals surface area contributed by atoms with E-state index >= 15 is 0 Å². The third-order valence-electron chi connectivity index (χ3n) is 3.68. The minimum atomic E-state index is -0.423. The largest absolute Gasteiger partial charge is 0.391 e. The Morgan fingerprint density at radius 3 is 2.75 bits per heavy atom. The summed E-state index contributed by atoms with van der Waals surface area (Å²) in [4.78, 5) is 11.9. The second-order valence-corrected chi connectivity index (χ2v) is 5.27. The van der Waals surface area contributed by atoms with Crippen LogP contribution in [0.5, 0.6) is 0 Å². The number of carbonyl (C=O) groups is 1. The van der Waals surface area contributed by atoms with Gasteiger partial charge in [-0.1, -0.05) is 36.4 Å². The smallest absolute Gasteiger partial charge is 0.319 e. The minimum absolute atomic E-state index is 0.277. The molecule has 1 saturated carbocycles. The number of carbonyl (C=O) groups excluding carboxylic acids is 1. The van der Waals surface area contributed by atoms with Crippen LogP contribution in [0.1, 0.15) is 12.8 Å². The Morgan fingerprint density at radius 2 is 1.95 bits per heavy atom. The van der Waals surface area contributed by atoms with Crippen LogP contribution in [0.3, 0.4) is 0 Å². The monoisotopic (exact) mass is 270 g/mol. The van der Waals surface area contributed by atoms with E-state index in [1.807, 2.05) is 42.5 Å². The quantitative estimate of drug-likeness (QED) is 0.800. The van der Waals surface area contributed by atoms with Gasteiger partial charge in [0.15, 0.2) is 0 Å². The number of rotatable bonds is 4. The first kappa shape index (κ1) is 12.9. The number of urea groups is 1. The molecular weight excluding hydrogens is 252 g/mol. The first-order valence-corrected chi connectivity index (χ1v) is 6.95. The molecule has 1 unspecified atom stereocenters. The summed E-state index contributed by atoms with van der Waals surface area (Å²) in [7, 11) is 0. The SMILES string of the molecule is O=C(NCC(O)C1CC1)Nc1cccc2ccccc12. The lowest BCUT2D eigenvalue weighted by atomic mass is 10.1. The lowest BCUT2D eigenvalue weighted by molar-refractivity contribution is 0.150. The average molecular weight is 270 g/mol. The van der Waals surface area contributed by atoms with Crippen molar-refractivity contribution in [2.45, 2.75) is 18.9 Å². The van der Waals surface area contributed by atoms with Crippen LogP contribution in [0, 0.1) is 5.92 Å². The second-order valence-electron chi connectivity index (χ2n) is 5.27. The molecule has 3 N–H and O–H groups in total. The van der Waals surface area contributed by atoms with E-state index < -0.39 is 6.10 Å². The van der Waals surface area contributed by atoms with Crippen molar-refractivity contribution in [3.05, 3.63) is 42.5 Å². The number of amides is 2. The Bertz CT molecular complexity index is 617. The van der Waals surface area contributed by atoms with E-state index in [2.05, 4.69) is 10.6 Å². The van der Waals surface area contributed by atoms with Crippen molar-refractivity contribution >= 4 is 22.5 Å². The summed E-state index contributed by atoms with van der Waals surface area (Å²) in [5, 5.41) is 17.4. The Morgan fingerprint density at radius 1 is 1.20 bits per heavy atom. The molecule has 0 aliphatic heterocycles. The highest BCUT2D eigenvalue weighted by Gasteiger charge is 2.29. The Hall–Kier alpha value is -2.07. The van der Waals surface area contributed by atoms with Crippen LogP contribution in [0.25, 0.3) is 10.8 Å². The van der Waals surface area contributed by atoms with Crippen molar-refractivity contribution in [2.24, 2.45) is 5.92 Å². The average Bonchev–Trinajstić information content (AvgIpc) is 3.30. The molecule has 1 aliphatic carbocycles. The zero-order chi connectivity index (χ0) is 13.9. The van der Waals surface area contributed by atoms with Crippen molar-refractivity contribution in [1.82, 2.24) is 5.32 Å². The van der Waals surface area contributed by atoms with E-state index in [4.69, 9.17) is 0 Å². The summed E-state index contributed by atoms with van der Waals surface area (Å²) in [6.07, 6.45) is 1.70. The van der Waals surface area contributed by atoms with Crippen molar-refractivity contribution < 1.29 is 9.90 Å². The predicted octanol–water partition coefficient (Wildman–Crippen LogP) is 2.73. The van der Waals surface area contributed by atoms with Gasteiger partial charge in [0.1, 0.15) is 0 Å². The molecule has 2 aromatic carbocycles. The Labute approximate surface area is 117 Å². The number of aliphatic hydroxyl groups excluding tert-OH is 1. The van der Waals surface area contributed by atoms with Crippen LogP contribution < -0.4 is 10.6 Å². The van der Waals surface area contributed by atoms with E-state index in [0.717, 1.165) is 29.3 Å². The second kappa shape index (κ2) is 5.51. The van der Waals surface area contributed by atoms with Gasteiger partial charge in [-0.05, 0) is 30.2 Å². The molecule has 0 heterocycles. The maximum Gasteiger partial charge on any atom is 0.319 e. The van der Waals surface area contributed by atoms with Gasteiger partial charge in [0.2, 0.25) is 0 Å². The van der Waals surface area contributed by atoms with Crippen LogP contribution in [-0.2, 0) is 0 Å². The number of nitrogens with one attached hydrogen (secondary N) is 2. The zero-order valence-corrected chi connectivity index (χ0v) is 11.2. The van der Waals surface area contributed by atoms with E-state index in [0.29, 0.717) is 12.5 Å². The van der Waals surface area contributed by atoms with E-state index in [-0.39, 0.29) is 6.03 Å². The molecule has 3 rings (SSSR count). The zero-order valence-electron chi connectivity index (χ0n) is 11.2. The number of fused-ring (bicyclic) bond motifs is 1. The minimum Gasteiger partial charge on any atom is -0.391 e. The molecule has 104 valence electrons. The summed E-state index contributed by atoms with van der Waals surface area (Å²) in [6.45, 7) is 0.307. The fourth-order valence-corrected chi connectivity index (χ4v) is 2.35. The maximum atomic E-state index is 11.9. The number of aliphatic hydroxyl groups is 1. The fourth-order valence-electron chi connectivity index (χ4n) is 2.35. The molecule has 0 radical (unpaired) electrons. The Kier molecular flexibility index (Phi) is 3.56. The topological polar surface area (TPSA) is 61.4 Å². The summed E-state index contributed by atoms with van der Waals surface area (Å²) in [5.41, 5.74) is 0.779. The highest BCUT2D eigenvalue weighted by atomic mass is 16.3. The van der Waals surface area contributed by atoms with E-state index in [1.165, 1.54) is 0 Å². The molecule has 0 spiro atoms. The van der Waals surface area contributed by atoms with Crippen molar-refractivity contribution in [3.8, 4) is 0 Å². The van der Waals surface area contributed by atoms with Crippen LogP contribution >= 0.6 is 0 Å². The lowest BCUT2D eigenvalue weighted by Gasteiger charge is -2.12. The summed E-state index contributed by atoms with van der Waals surface area (Å²) >= 11 is 0. The number of hydrogen-bond acceptors (Lipinski definition) is 2. The molecule has 2 amide bonds. The van der Waals surface area contributed by atoms with Crippen molar-refractivity contribution in [3.63, 3.8) is 0 Å². The van der Waals surface area contributed by atoms with E-state index in [9.17, 15) is 9.90 Å². The molecule has 1 atom stereocenters. The van der Waals surface area contributed by atoms with Gasteiger partial charge in [-0.2, -0.15) is 0 Å². The normalized spacial score (nSPS) is 15.8. The van der Waals surface area contributed by atoms with Gasteiger partial charge in [0, 0.05) is 11.9 Å². The van der Waals surface area contributed by atoms with Crippen LogP contribution in [0.2, 0.25) is 0 Å². The third kappa shape index (κ3) is 2.91. The molecule has 1 fully saturated rings. The van der Waals surface area contributed by atoms with Gasteiger partial charge >= 0.3 is 6.03 Å². The first-order valence-electron chi connectivity index (χ1n) is 6.95. The van der Waals surface area contributed by atoms with Gasteiger partial charge < -0.3 is 15.7 Å². The van der Waals surface area contributed by atoms with Gasteiger partial charge in [-0.25, -0.2) is 4.79 Å². The highest BCUT2D eigenvalue weighted by molar-refractivity contribution is 6.01. The molecular formula is C16H18N2O2. The third-order valence-corrected chi connectivity index (χ3v) is 3.68. The molecule has 0 aromatic heterocycles. The number of anilines is 1. The predicted molar refractivity (Wildman–Crippen MR) is 79.7 cm³/mol. The van der Waals surface area contributed by atoms with Crippen LogP contribution in [0.15, 0.2) is 42.5 Å². The maximum absolute atomic E-state index is 11.9. The molecule has 20 heavy (non-hydrogen) atoms. The summed E-state index contributed by atoms with van der Waals surface area (Å²) in [5.74, 6) is 0.368. The standard InChI is InChI=1S/C16H18N2O2/c19-15(12-8-9-12)10-17-16(20)18-14-7-3-5-11-4-1-2-6-13(11)14/h1-7,12,15,19H,8-10H2,(H2,17,18,20). The molecule has 4 heteroatoms. The molecule has 4 nitrogen and oxygen atoms in total. The van der Waals surface area contributed by atoms with Gasteiger partial charge in [-0.3, -0.25) is 0 Å². The van der Waals surface area contributed by atoms with Gasteiger partial charge in [0.05, 0.1) is 11.8 Å². The molecule has 0 saturated heterocycles.